The van der Waals surface area contributed by atoms with Gasteiger partial charge in [-0.25, -0.2) is 13.2 Å². The highest BCUT2D eigenvalue weighted by Crippen LogP contribution is 2.43. The first-order valence-electron chi connectivity index (χ1n) is 10.5. The van der Waals surface area contributed by atoms with Crippen LogP contribution in [0.3, 0.4) is 0 Å². The number of hydrogen-bond donors (Lipinski definition) is 2. The van der Waals surface area contributed by atoms with Crippen molar-refractivity contribution in [3.63, 3.8) is 0 Å². The van der Waals surface area contributed by atoms with E-state index >= 15 is 0 Å². The highest BCUT2D eigenvalue weighted by molar-refractivity contribution is 7.91. The van der Waals surface area contributed by atoms with Crippen LogP contribution in [-0.2, 0) is 21.1 Å². The van der Waals surface area contributed by atoms with E-state index in [0.717, 1.165) is 12.0 Å². The summed E-state index contributed by atoms with van der Waals surface area (Å²) in [5.41, 5.74) is 1.47. The summed E-state index contributed by atoms with van der Waals surface area (Å²) < 4.78 is 40.8. The Balaban J connectivity index is 1.65. The Bertz CT molecular complexity index is 1260. The van der Waals surface area contributed by atoms with Crippen LogP contribution in [0.25, 0.3) is 11.0 Å². The average molecular weight is 466 g/mol. The highest BCUT2D eigenvalue weighted by Gasteiger charge is 2.37. The number of carbonyl (C=O) groups is 1. The second-order valence-corrected chi connectivity index (χ2v) is 11.3. The number of fused-ring (bicyclic) bond motifs is 3. The fourth-order valence-electron chi connectivity index (χ4n) is 4.21. The van der Waals surface area contributed by atoms with Crippen molar-refractivity contribution in [1.29, 1.82) is 0 Å². The molecule has 32 heavy (non-hydrogen) atoms. The van der Waals surface area contributed by atoms with Gasteiger partial charge in [0.15, 0.2) is 16.4 Å². The maximum atomic E-state index is 12.4. The summed E-state index contributed by atoms with van der Waals surface area (Å²) in [6.07, 6.45) is 0.267. The van der Waals surface area contributed by atoms with Crippen molar-refractivity contribution in [2.24, 2.45) is 0 Å². The van der Waals surface area contributed by atoms with E-state index in [9.17, 15) is 23.1 Å². The van der Waals surface area contributed by atoms with E-state index < -0.39 is 45.7 Å². The molecule has 0 spiro atoms. The molecule has 1 saturated heterocycles. The molecule has 0 saturated carbocycles. The lowest BCUT2D eigenvalue weighted by Gasteiger charge is -2.33. The number of hydrogen-bond acceptors (Lipinski definition) is 8. The lowest BCUT2D eigenvalue weighted by molar-refractivity contribution is -0.124. The molecule has 1 aromatic heterocycles. The summed E-state index contributed by atoms with van der Waals surface area (Å²) in [5, 5.41) is 13.0. The van der Waals surface area contributed by atoms with Crippen molar-refractivity contribution >= 4 is 26.7 Å². The number of rotatable bonds is 4. The Morgan fingerprint density at radius 2 is 2.00 bits per heavy atom. The van der Waals surface area contributed by atoms with Gasteiger partial charge >= 0.3 is 5.63 Å². The fraction of sp³-hybridized carbons (Fsp3) is 0.545. The van der Waals surface area contributed by atoms with E-state index in [-0.39, 0.29) is 11.5 Å². The second kappa shape index (κ2) is 7.77. The molecule has 1 amide bonds. The molecule has 0 unspecified atom stereocenters. The minimum Gasteiger partial charge on any atom is -0.487 e. The minimum atomic E-state index is -3.39. The molecule has 9 nitrogen and oxygen atoms in total. The van der Waals surface area contributed by atoms with E-state index in [4.69, 9.17) is 13.9 Å². The molecule has 2 atom stereocenters. The first-order valence-corrected chi connectivity index (χ1v) is 12.3. The van der Waals surface area contributed by atoms with Crippen LogP contribution < -0.4 is 20.4 Å². The number of nitrogens with one attached hydrogen (secondary N) is 1. The maximum absolute atomic E-state index is 12.4. The molecule has 2 aromatic rings. The fourth-order valence-corrected chi connectivity index (χ4v) is 5.95. The molecule has 0 aliphatic carbocycles. The van der Waals surface area contributed by atoms with Crippen molar-refractivity contribution in [2.75, 3.05) is 18.1 Å². The van der Waals surface area contributed by atoms with Gasteiger partial charge in [-0.15, -0.1) is 0 Å². The largest absolute Gasteiger partial charge is 0.487 e. The number of aliphatic hydroxyl groups is 1. The molecule has 2 N–H and O–H groups in total. The van der Waals surface area contributed by atoms with E-state index in [2.05, 4.69) is 5.32 Å². The van der Waals surface area contributed by atoms with Crippen molar-refractivity contribution in [3.05, 3.63) is 33.2 Å². The van der Waals surface area contributed by atoms with Gasteiger partial charge in [-0.1, -0.05) is 0 Å². The van der Waals surface area contributed by atoms with Crippen molar-refractivity contribution in [3.8, 4) is 11.5 Å². The Morgan fingerprint density at radius 1 is 1.28 bits per heavy atom. The lowest BCUT2D eigenvalue weighted by atomic mass is 9.92. The molecular weight excluding hydrogens is 438 g/mol. The number of aliphatic hydroxyl groups excluding tert-OH is 1. The Labute approximate surface area is 185 Å². The predicted molar refractivity (Wildman–Crippen MR) is 117 cm³/mol. The molecular formula is C22H27NO8S. The van der Waals surface area contributed by atoms with E-state index in [1.807, 2.05) is 13.8 Å². The van der Waals surface area contributed by atoms with Gasteiger partial charge in [0.2, 0.25) is 0 Å². The van der Waals surface area contributed by atoms with Crippen LogP contribution in [-0.4, -0.2) is 55.3 Å². The van der Waals surface area contributed by atoms with Crippen LogP contribution in [0.4, 0.5) is 0 Å². The number of aryl methyl sites for hydroxylation is 2. The molecule has 2 aliphatic heterocycles. The van der Waals surface area contributed by atoms with Crippen LogP contribution in [0.5, 0.6) is 11.5 Å². The molecule has 4 rings (SSSR count). The molecule has 1 aromatic carbocycles. The maximum Gasteiger partial charge on any atom is 0.339 e. The van der Waals surface area contributed by atoms with Gasteiger partial charge in [-0.05, 0) is 46.1 Å². The zero-order chi connectivity index (χ0) is 23.4. The van der Waals surface area contributed by atoms with Crippen molar-refractivity contribution < 1.29 is 32.2 Å². The van der Waals surface area contributed by atoms with Crippen LogP contribution in [0.2, 0.25) is 0 Å². The van der Waals surface area contributed by atoms with Crippen LogP contribution >= 0.6 is 0 Å². The Kier molecular flexibility index (Phi) is 5.49. The topological polar surface area (TPSA) is 132 Å². The summed E-state index contributed by atoms with van der Waals surface area (Å²) in [6, 6.07) is 0.829. The standard InChI is InChI=1S/C22H27NO8S/c1-11-12(2)21(26)30-20-13-5-6-22(3,4)31-16(13)7-17(19(11)20)29-8-18(25)23-14-9-32(27,28)10-15(14)24/h7,14-15,24H,5-6,8-10H2,1-4H3,(H,23,25)/t14-,15+/m1/s1. The molecule has 0 radical (unpaired) electrons. The number of amides is 1. The number of carbonyl (C=O) groups excluding carboxylic acids is 1. The summed E-state index contributed by atoms with van der Waals surface area (Å²) in [7, 11) is -3.39. The van der Waals surface area contributed by atoms with Crippen molar-refractivity contribution in [1.82, 2.24) is 5.32 Å². The van der Waals surface area contributed by atoms with Gasteiger partial charge in [-0.3, -0.25) is 4.79 Å². The van der Waals surface area contributed by atoms with Gasteiger partial charge in [0.1, 0.15) is 22.7 Å². The third-order valence-corrected chi connectivity index (χ3v) is 7.85. The third kappa shape index (κ3) is 4.21. The summed E-state index contributed by atoms with van der Waals surface area (Å²) in [4.78, 5) is 24.8. The van der Waals surface area contributed by atoms with Gasteiger partial charge < -0.3 is 24.3 Å². The third-order valence-electron chi connectivity index (χ3n) is 6.14. The summed E-state index contributed by atoms with van der Waals surface area (Å²) >= 11 is 0. The summed E-state index contributed by atoms with van der Waals surface area (Å²) in [6.45, 7) is 6.98. The number of ether oxygens (including phenoxy) is 2. The van der Waals surface area contributed by atoms with Crippen LogP contribution in [0.1, 0.15) is 37.0 Å². The predicted octanol–water partition coefficient (Wildman–Crippen LogP) is 1.17. The van der Waals surface area contributed by atoms with Crippen LogP contribution in [0.15, 0.2) is 15.3 Å². The first-order chi connectivity index (χ1) is 14.9. The lowest BCUT2D eigenvalue weighted by Crippen LogP contribution is -2.44. The molecule has 174 valence electrons. The molecule has 1 fully saturated rings. The van der Waals surface area contributed by atoms with Gasteiger partial charge in [0.05, 0.1) is 29.0 Å². The molecule has 10 heteroatoms. The molecule has 2 aliphatic rings. The van der Waals surface area contributed by atoms with Crippen LogP contribution in [0, 0.1) is 13.8 Å². The average Bonchev–Trinajstić information content (AvgIpc) is 2.94. The zero-order valence-electron chi connectivity index (χ0n) is 18.5. The molecule has 0 bridgehead atoms. The normalized spacial score (nSPS) is 23.4. The first kappa shape index (κ1) is 22.6. The number of sulfone groups is 1. The van der Waals surface area contributed by atoms with Gasteiger partial charge in [-0.2, -0.15) is 0 Å². The van der Waals surface area contributed by atoms with Gasteiger partial charge in [0, 0.05) is 17.2 Å². The highest BCUT2D eigenvalue weighted by atomic mass is 32.2. The Hall–Kier alpha value is -2.59. The Morgan fingerprint density at radius 3 is 2.66 bits per heavy atom. The van der Waals surface area contributed by atoms with E-state index in [1.165, 1.54) is 0 Å². The molecule has 3 heterocycles. The second-order valence-electron chi connectivity index (χ2n) is 9.16. The number of benzene rings is 1. The zero-order valence-corrected chi connectivity index (χ0v) is 19.3. The monoisotopic (exact) mass is 465 g/mol. The van der Waals surface area contributed by atoms with Gasteiger partial charge in [0.25, 0.3) is 5.91 Å². The minimum absolute atomic E-state index is 0.311. The van der Waals surface area contributed by atoms with E-state index in [0.29, 0.717) is 40.0 Å². The smallest absolute Gasteiger partial charge is 0.339 e. The summed E-state index contributed by atoms with van der Waals surface area (Å²) in [5.74, 6) is -0.388. The quantitative estimate of drug-likeness (QED) is 0.643. The van der Waals surface area contributed by atoms with E-state index in [1.54, 1.807) is 19.9 Å². The SMILES string of the molecule is Cc1c(C)c2c(OCC(=O)N[C@@H]3CS(=O)(=O)C[C@@H]3O)cc3c(c2oc1=O)CCC(C)(C)O3. The van der Waals surface area contributed by atoms with Crippen molar-refractivity contribution in [2.45, 2.75) is 58.3 Å².